The molecule has 0 amide bonds. The molecule has 20 heavy (non-hydrogen) atoms. The van der Waals surface area contributed by atoms with E-state index in [-0.39, 0.29) is 13.0 Å². The number of carbonyl (C=O) groups is 1. The topological polar surface area (TPSA) is 116 Å². The van der Waals surface area contributed by atoms with Gasteiger partial charge in [-0.15, -0.1) is 0 Å². The minimum Gasteiger partial charge on any atom is -0.465 e. The lowest BCUT2D eigenvalue weighted by Crippen LogP contribution is -2.20. The first-order valence-corrected chi connectivity index (χ1v) is 6.07. The van der Waals surface area contributed by atoms with E-state index in [1.54, 1.807) is 19.1 Å². The number of methoxy groups -OCH3 is 1. The zero-order valence-electron chi connectivity index (χ0n) is 11.4. The molecule has 1 aromatic rings. The molecular weight excluding hydrogens is 262 g/mol. The molecule has 0 aromatic heterocycles. The lowest BCUT2D eigenvalue weighted by molar-refractivity contribution is 0.0146. The number of aliphatic hydroxyl groups is 2. The van der Waals surface area contributed by atoms with Crippen LogP contribution in [0.2, 0.25) is 0 Å². The molecule has 0 heterocycles. The molecule has 0 saturated heterocycles. The van der Waals surface area contributed by atoms with Crippen LogP contribution in [0.5, 0.6) is 0 Å². The first kappa shape index (κ1) is 16.0. The van der Waals surface area contributed by atoms with Crippen LogP contribution in [0.15, 0.2) is 23.3 Å². The zero-order valence-corrected chi connectivity index (χ0v) is 11.4. The van der Waals surface area contributed by atoms with E-state index in [9.17, 15) is 15.0 Å². The molecule has 0 aliphatic carbocycles. The standard InChI is InChI=1S/C13H17N3O4/c1-8-3-4-9(13(19)20-2)7-10(8)12(18)11(17)5-6-15-16-14/h3-4,7,11-12,17-18H,5-6H2,1-2H3. The normalized spacial score (nSPS) is 13.2. The minimum absolute atomic E-state index is 0.0878. The van der Waals surface area contributed by atoms with Crippen molar-refractivity contribution in [3.8, 4) is 0 Å². The van der Waals surface area contributed by atoms with Gasteiger partial charge >= 0.3 is 5.97 Å². The largest absolute Gasteiger partial charge is 0.465 e. The van der Waals surface area contributed by atoms with Crippen molar-refractivity contribution in [2.24, 2.45) is 5.11 Å². The van der Waals surface area contributed by atoms with Crippen LogP contribution < -0.4 is 0 Å². The second-order valence-corrected chi connectivity index (χ2v) is 4.32. The van der Waals surface area contributed by atoms with Crippen molar-refractivity contribution in [3.63, 3.8) is 0 Å². The van der Waals surface area contributed by atoms with E-state index in [1.165, 1.54) is 13.2 Å². The van der Waals surface area contributed by atoms with E-state index in [0.717, 1.165) is 5.56 Å². The first-order valence-electron chi connectivity index (χ1n) is 6.07. The molecule has 2 atom stereocenters. The van der Waals surface area contributed by atoms with Gasteiger partial charge in [0.25, 0.3) is 0 Å². The molecule has 7 heteroatoms. The number of nitrogens with zero attached hydrogens (tertiary/aromatic N) is 3. The number of hydrogen-bond acceptors (Lipinski definition) is 5. The molecule has 0 spiro atoms. The highest BCUT2D eigenvalue weighted by atomic mass is 16.5. The predicted molar refractivity (Wildman–Crippen MR) is 72.1 cm³/mol. The highest BCUT2D eigenvalue weighted by molar-refractivity contribution is 5.89. The molecule has 0 aliphatic heterocycles. The van der Waals surface area contributed by atoms with Crippen LogP contribution in [0.1, 0.15) is 34.0 Å². The van der Waals surface area contributed by atoms with Gasteiger partial charge in [0.2, 0.25) is 0 Å². The number of esters is 1. The molecule has 1 aromatic carbocycles. The number of aryl methyl sites for hydroxylation is 1. The number of carbonyl (C=O) groups excluding carboxylic acids is 1. The number of benzene rings is 1. The summed E-state index contributed by atoms with van der Waals surface area (Å²) in [6.45, 7) is 1.85. The average Bonchev–Trinajstić information content (AvgIpc) is 2.46. The van der Waals surface area contributed by atoms with Crippen molar-refractivity contribution in [1.82, 2.24) is 0 Å². The summed E-state index contributed by atoms with van der Waals surface area (Å²) < 4.78 is 4.61. The van der Waals surface area contributed by atoms with E-state index in [0.29, 0.717) is 11.1 Å². The van der Waals surface area contributed by atoms with Gasteiger partial charge in [-0.05, 0) is 42.1 Å². The van der Waals surface area contributed by atoms with Crippen molar-refractivity contribution < 1.29 is 19.7 Å². The Hall–Kier alpha value is -2.08. The second kappa shape index (κ2) is 7.49. The van der Waals surface area contributed by atoms with Crippen molar-refractivity contribution in [1.29, 1.82) is 0 Å². The van der Waals surface area contributed by atoms with Gasteiger partial charge in [-0.3, -0.25) is 0 Å². The smallest absolute Gasteiger partial charge is 0.337 e. The van der Waals surface area contributed by atoms with Crippen LogP contribution in [-0.4, -0.2) is 35.9 Å². The Balaban J connectivity index is 2.93. The summed E-state index contributed by atoms with van der Waals surface area (Å²) in [4.78, 5) is 14.0. The van der Waals surface area contributed by atoms with Crippen LogP contribution in [-0.2, 0) is 4.74 Å². The molecule has 0 aliphatic rings. The Morgan fingerprint density at radius 3 is 2.80 bits per heavy atom. The van der Waals surface area contributed by atoms with Crippen LogP contribution in [0, 0.1) is 6.92 Å². The third-order valence-corrected chi connectivity index (χ3v) is 2.97. The molecule has 1 rings (SSSR count). The van der Waals surface area contributed by atoms with Crippen LogP contribution >= 0.6 is 0 Å². The van der Waals surface area contributed by atoms with Crippen molar-refractivity contribution in [3.05, 3.63) is 45.3 Å². The molecule has 0 fully saturated rings. The fourth-order valence-electron chi connectivity index (χ4n) is 1.80. The maximum absolute atomic E-state index is 11.5. The number of aliphatic hydroxyl groups excluding tert-OH is 2. The Morgan fingerprint density at radius 1 is 1.50 bits per heavy atom. The van der Waals surface area contributed by atoms with Gasteiger partial charge < -0.3 is 14.9 Å². The third-order valence-electron chi connectivity index (χ3n) is 2.97. The van der Waals surface area contributed by atoms with Gasteiger partial charge in [-0.25, -0.2) is 4.79 Å². The Labute approximate surface area is 116 Å². The lowest BCUT2D eigenvalue weighted by atomic mass is 9.96. The Kier molecular flexibility index (Phi) is 5.99. The molecule has 2 unspecified atom stereocenters. The molecule has 2 N–H and O–H groups in total. The van der Waals surface area contributed by atoms with Crippen LogP contribution in [0.25, 0.3) is 10.4 Å². The van der Waals surface area contributed by atoms with Gasteiger partial charge in [0, 0.05) is 11.5 Å². The summed E-state index contributed by atoms with van der Waals surface area (Å²) in [6.07, 6.45) is -2.10. The van der Waals surface area contributed by atoms with Crippen molar-refractivity contribution in [2.45, 2.75) is 25.6 Å². The monoisotopic (exact) mass is 279 g/mol. The fraction of sp³-hybridized carbons (Fsp3) is 0.462. The summed E-state index contributed by atoms with van der Waals surface area (Å²) in [5, 5.41) is 23.3. The summed E-state index contributed by atoms with van der Waals surface area (Å²) in [6, 6.07) is 4.75. The summed E-state index contributed by atoms with van der Waals surface area (Å²) in [5.74, 6) is -0.512. The Morgan fingerprint density at radius 2 is 2.20 bits per heavy atom. The van der Waals surface area contributed by atoms with Crippen LogP contribution in [0.3, 0.4) is 0 Å². The molecule has 7 nitrogen and oxygen atoms in total. The van der Waals surface area contributed by atoms with E-state index in [1.807, 2.05) is 0 Å². The van der Waals surface area contributed by atoms with Crippen molar-refractivity contribution in [2.75, 3.05) is 13.7 Å². The summed E-state index contributed by atoms with van der Waals surface area (Å²) >= 11 is 0. The highest BCUT2D eigenvalue weighted by Crippen LogP contribution is 2.24. The first-order chi connectivity index (χ1) is 9.51. The van der Waals surface area contributed by atoms with Gasteiger partial charge in [0.05, 0.1) is 18.8 Å². The number of hydrogen-bond donors (Lipinski definition) is 2. The van der Waals surface area contributed by atoms with Gasteiger partial charge in [0.15, 0.2) is 0 Å². The number of azide groups is 1. The average molecular weight is 279 g/mol. The molecular formula is C13H17N3O4. The van der Waals surface area contributed by atoms with Gasteiger partial charge in [-0.1, -0.05) is 11.2 Å². The quantitative estimate of drug-likeness (QED) is 0.358. The zero-order chi connectivity index (χ0) is 15.1. The SMILES string of the molecule is COC(=O)c1ccc(C)c(C(O)C(O)CCN=[N+]=[N-])c1. The highest BCUT2D eigenvalue weighted by Gasteiger charge is 2.21. The predicted octanol–water partition coefficient (Wildman–Crippen LogP) is 1.88. The Bertz CT molecular complexity index is 526. The molecule has 108 valence electrons. The lowest BCUT2D eigenvalue weighted by Gasteiger charge is -2.19. The van der Waals surface area contributed by atoms with Gasteiger partial charge in [0.1, 0.15) is 6.10 Å². The molecule has 0 bridgehead atoms. The van der Waals surface area contributed by atoms with E-state index in [4.69, 9.17) is 5.53 Å². The van der Waals surface area contributed by atoms with Crippen molar-refractivity contribution >= 4 is 5.97 Å². The number of ether oxygens (including phenoxy) is 1. The second-order valence-electron chi connectivity index (χ2n) is 4.32. The number of rotatable bonds is 6. The minimum atomic E-state index is -1.16. The van der Waals surface area contributed by atoms with E-state index >= 15 is 0 Å². The maximum Gasteiger partial charge on any atom is 0.337 e. The van der Waals surface area contributed by atoms with Gasteiger partial charge in [-0.2, -0.15) is 0 Å². The van der Waals surface area contributed by atoms with Crippen LogP contribution in [0.4, 0.5) is 0 Å². The molecule has 0 saturated carbocycles. The van der Waals surface area contributed by atoms with E-state index in [2.05, 4.69) is 14.8 Å². The summed E-state index contributed by atoms with van der Waals surface area (Å²) in [5.41, 5.74) is 9.66. The summed E-state index contributed by atoms with van der Waals surface area (Å²) in [7, 11) is 1.27. The maximum atomic E-state index is 11.5. The van der Waals surface area contributed by atoms with E-state index < -0.39 is 18.2 Å². The third kappa shape index (κ3) is 3.96. The molecule has 0 radical (unpaired) electrons. The fourth-order valence-corrected chi connectivity index (χ4v) is 1.80.